The van der Waals surface area contributed by atoms with Gasteiger partial charge in [0, 0.05) is 25.2 Å². The summed E-state index contributed by atoms with van der Waals surface area (Å²) in [5.41, 5.74) is 0.387. The smallest absolute Gasteiger partial charge is 0.335 e. The second-order valence-electron chi connectivity index (χ2n) is 5.38. The monoisotopic (exact) mass is 292 g/mol. The van der Waals surface area contributed by atoms with Gasteiger partial charge < -0.3 is 19.6 Å². The first-order valence-corrected chi connectivity index (χ1v) is 6.80. The summed E-state index contributed by atoms with van der Waals surface area (Å²) in [6.07, 6.45) is 0.925. The molecule has 0 aliphatic carbocycles. The number of carbonyl (C=O) groups excluding carboxylic acids is 1. The van der Waals surface area contributed by atoms with Crippen LogP contribution in [0.25, 0.3) is 0 Å². The van der Waals surface area contributed by atoms with Gasteiger partial charge in [-0.2, -0.15) is 0 Å². The van der Waals surface area contributed by atoms with Crippen LogP contribution in [0.1, 0.15) is 27.1 Å². The first-order chi connectivity index (χ1) is 9.92. The lowest BCUT2D eigenvalue weighted by Gasteiger charge is -2.24. The van der Waals surface area contributed by atoms with Crippen LogP contribution in [0.2, 0.25) is 0 Å². The molecule has 1 aromatic carbocycles. The maximum atomic E-state index is 12.5. The molecule has 1 N–H and O–H groups in total. The number of amides is 1. The summed E-state index contributed by atoms with van der Waals surface area (Å²) in [6, 6.07) is 4.52. The van der Waals surface area contributed by atoms with Crippen LogP contribution >= 0.6 is 0 Å². The van der Waals surface area contributed by atoms with Crippen molar-refractivity contribution in [1.82, 2.24) is 9.80 Å². The summed E-state index contributed by atoms with van der Waals surface area (Å²) in [7, 11) is 5.23. The zero-order chi connectivity index (χ0) is 15.6. The average molecular weight is 292 g/mol. The summed E-state index contributed by atoms with van der Waals surface area (Å²) in [5, 5.41) is 9.11. The number of likely N-dealkylation sites (N-methyl/N-ethyl adjacent to an activating group) is 2. The highest BCUT2D eigenvalue weighted by Crippen LogP contribution is 2.21. The number of nitrogens with zero attached hydrogens (tertiary/aromatic N) is 2. The summed E-state index contributed by atoms with van der Waals surface area (Å²) in [6.45, 7) is 1.79. The van der Waals surface area contributed by atoms with Gasteiger partial charge in [0.15, 0.2) is 0 Å². The lowest BCUT2D eigenvalue weighted by Crippen LogP contribution is -2.38. The quantitative estimate of drug-likeness (QED) is 0.902. The van der Waals surface area contributed by atoms with E-state index in [1.165, 1.54) is 19.2 Å². The van der Waals surface area contributed by atoms with Crippen LogP contribution in [0.3, 0.4) is 0 Å². The van der Waals surface area contributed by atoms with Crippen LogP contribution in [-0.2, 0) is 0 Å². The molecular weight excluding hydrogens is 272 g/mol. The van der Waals surface area contributed by atoms with E-state index in [4.69, 9.17) is 9.84 Å². The van der Waals surface area contributed by atoms with Crippen molar-refractivity contribution >= 4 is 11.9 Å². The van der Waals surface area contributed by atoms with E-state index in [2.05, 4.69) is 4.90 Å². The minimum Gasteiger partial charge on any atom is -0.497 e. The molecule has 0 radical (unpaired) electrons. The molecule has 6 heteroatoms. The first-order valence-electron chi connectivity index (χ1n) is 6.80. The fourth-order valence-electron chi connectivity index (χ4n) is 2.56. The number of likely N-dealkylation sites (tertiary alicyclic amines) is 1. The van der Waals surface area contributed by atoms with E-state index in [-0.39, 0.29) is 17.5 Å². The van der Waals surface area contributed by atoms with E-state index in [1.807, 2.05) is 7.05 Å². The third-order valence-corrected chi connectivity index (χ3v) is 3.87. The van der Waals surface area contributed by atoms with Crippen molar-refractivity contribution in [3.8, 4) is 5.75 Å². The second-order valence-corrected chi connectivity index (χ2v) is 5.38. The van der Waals surface area contributed by atoms with Gasteiger partial charge in [-0.3, -0.25) is 4.79 Å². The topological polar surface area (TPSA) is 70.1 Å². The maximum Gasteiger partial charge on any atom is 0.335 e. The Kier molecular flexibility index (Phi) is 4.47. The zero-order valence-corrected chi connectivity index (χ0v) is 12.5. The third kappa shape index (κ3) is 3.33. The Hall–Kier alpha value is -2.08. The SMILES string of the molecule is COc1cc(C(=O)O)cc(C(=O)N(C)[C@H]2CCN(C)C2)c1. The standard InChI is InChI=1S/C15H20N2O4/c1-16-5-4-12(9-16)17(2)14(18)10-6-11(15(19)20)8-13(7-10)21-3/h6-8,12H,4-5,9H2,1-3H3,(H,19,20)/t12-/m0/s1. The average Bonchev–Trinajstić information content (AvgIpc) is 2.91. The molecule has 1 fully saturated rings. The van der Waals surface area contributed by atoms with Crippen molar-refractivity contribution in [2.75, 3.05) is 34.3 Å². The predicted octanol–water partition coefficient (Wildman–Crippen LogP) is 1.17. The molecular formula is C15H20N2O4. The van der Waals surface area contributed by atoms with Crippen LogP contribution < -0.4 is 4.74 Å². The first kappa shape index (κ1) is 15.3. The summed E-state index contributed by atoms with van der Waals surface area (Å²) >= 11 is 0. The normalized spacial score (nSPS) is 18.5. The predicted molar refractivity (Wildman–Crippen MR) is 77.9 cm³/mol. The molecule has 0 saturated carbocycles. The molecule has 0 spiro atoms. The van der Waals surface area contributed by atoms with Crippen molar-refractivity contribution < 1.29 is 19.4 Å². The molecule has 6 nitrogen and oxygen atoms in total. The Morgan fingerprint density at radius 2 is 2.00 bits per heavy atom. The molecule has 1 atom stereocenters. The lowest BCUT2D eigenvalue weighted by molar-refractivity contribution is 0.0696. The molecule has 1 saturated heterocycles. The van der Waals surface area contributed by atoms with Crippen molar-refractivity contribution in [1.29, 1.82) is 0 Å². The maximum absolute atomic E-state index is 12.5. The molecule has 114 valence electrons. The number of hydrogen-bond donors (Lipinski definition) is 1. The molecule has 1 heterocycles. The van der Waals surface area contributed by atoms with Gasteiger partial charge in [-0.25, -0.2) is 4.79 Å². The van der Waals surface area contributed by atoms with Gasteiger partial charge in [-0.1, -0.05) is 0 Å². The van der Waals surface area contributed by atoms with Gasteiger partial charge in [0.25, 0.3) is 5.91 Å². The second kappa shape index (κ2) is 6.13. The fourth-order valence-corrected chi connectivity index (χ4v) is 2.56. The Morgan fingerprint density at radius 3 is 2.52 bits per heavy atom. The van der Waals surface area contributed by atoms with Gasteiger partial charge in [0.1, 0.15) is 5.75 Å². The highest BCUT2D eigenvalue weighted by atomic mass is 16.5. The van der Waals surface area contributed by atoms with Crippen molar-refractivity contribution in [3.63, 3.8) is 0 Å². The van der Waals surface area contributed by atoms with E-state index in [0.717, 1.165) is 19.5 Å². The molecule has 0 bridgehead atoms. The third-order valence-electron chi connectivity index (χ3n) is 3.87. The molecule has 1 aromatic rings. The van der Waals surface area contributed by atoms with Crippen LogP contribution in [-0.4, -0.2) is 67.1 Å². The highest BCUT2D eigenvalue weighted by Gasteiger charge is 2.27. The number of hydrogen-bond acceptors (Lipinski definition) is 4. The van der Waals surface area contributed by atoms with Crippen LogP contribution in [0.5, 0.6) is 5.75 Å². The summed E-state index contributed by atoms with van der Waals surface area (Å²) in [4.78, 5) is 27.5. The van der Waals surface area contributed by atoms with E-state index >= 15 is 0 Å². The van der Waals surface area contributed by atoms with Gasteiger partial charge in [0.05, 0.1) is 12.7 Å². The van der Waals surface area contributed by atoms with Crippen molar-refractivity contribution in [2.24, 2.45) is 0 Å². The Bertz CT molecular complexity index is 559. The van der Waals surface area contributed by atoms with Crippen LogP contribution in [0.4, 0.5) is 0 Å². The minimum absolute atomic E-state index is 0.0506. The highest BCUT2D eigenvalue weighted by molar-refractivity contribution is 5.98. The number of carboxylic acid groups (broad SMARTS) is 1. The number of aromatic carboxylic acids is 1. The number of ether oxygens (including phenoxy) is 1. The van der Waals surface area contributed by atoms with Gasteiger partial charge in [-0.05, 0) is 38.2 Å². The number of benzene rings is 1. The van der Waals surface area contributed by atoms with E-state index < -0.39 is 5.97 Å². The van der Waals surface area contributed by atoms with E-state index in [9.17, 15) is 9.59 Å². The molecule has 1 amide bonds. The summed E-state index contributed by atoms with van der Waals surface area (Å²) in [5.74, 6) is -0.891. The molecule has 1 aliphatic rings. The van der Waals surface area contributed by atoms with Crippen LogP contribution in [0, 0.1) is 0 Å². The molecule has 2 rings (SSSR count). The number of carbonyl (C=O) groups is 2. The van der Waals surface area contributed by atoms with E-state index in [0.29, 0.717) is 11.3 Å². The Balaban J connectivity index is 2.25. The van der Waals surface area contributed by atoms with Crippen molar-refractivity contribution in [3.05, 3.63) is 29.3 Å². The molecule has 0 aromatic heterocycles. The minimum atomic E-state index is -1.08. The zero-order valence-electron chi connectivity index (χ0n) is 12.5. The van der Waals surface area contributed by atoms with E-state index in [1.54, 1.807) is 18.0 Å². The lowest BCUT2D eigenvalue weighted by atomic mass is 10.1. The largest absolute Gasteiger partial charge is 0.497 e. The van der Waals surface area contributed by atoms with Crippen LogP contribution in [0.15, 0.2) is 18.2 Å². The number of carboxylic acids is 1. The van der Waals surface area contributed by atoms with Gasteiger partial charge in [-0.15, -0.1) is 0 Å². The van der Waals surface area contributed by atoms with Crippen molar-refractivity contribution in [2.45, 2.75) is 12.5 Å². The summed E-state index contributed by atoms with van der Waals surface area (Å²) < 4.78 is 5.08. The molecule has 0 unspecified atom stereocenters. The Morgan fingerprint density at radius 1 is 1.33 bits per heavy atom. The number of methoxy groups -OCH3 is 1. The fraction of sp³-hybridized carbons (Fsp3) is 0.467. The van der Waals surface area contributed by atoms with Gasteiger partial charge >= 0.3 is 5.97 Å². The Labute approximate surface area is 123 Å². The molecule has 1 aliphatic heterocycles. The number of rotatable bonds is 4. The van der Waals surface area contributed by atoms with Gasteiger partial charge in [0.2, 0.25) is 0 Å². The molecule has 21 heavy (non-hydrogen) atoms.